The van der Waals surface area contributed by atoms with Crippen LogP contribution in [0.5, 0.6) is 17.2 Å². The van der Waals surface area contributed by atoms with Gasteiger partial charge in [0.05, 0.1) is 54.3 Å². The van der Waals surface area contributed by atoms with Crippen LogP contribution in [0, 0.1) is 35.5 Å². The van der Waals surface area contributed by atoms with Gasteiger partial charge < -0.3 is 14.2 Å². The van der Waals surface area contributed by atoms with Crippen LogP contribution in [0.4, 0.5) is 11.4 Å². The highest BCUT2D eigenvalue weighted by Crippen LogP contribution is 2.61. The van der Waals surface area contributed by atoms with E-state index in [1.807, 2.05) is 0 Å². The molecule has 10 nitrogen and oxygen atoms in total. The van der Waals surface area contributed by atoms with Gasteiger partial charge in [0.25, 0.3) is 0 Å². The number of amides is 4. The lowest BCUT2D eigenvalue weighted by molar-refractivity contribution is -0.142. The van der Waals surface area contributed by atoms with Gasteiger partial charge in [-0.05, 0) is 66.7 Å². The summed E-state index contributed by atoms with van der Waals surface area (Å²) in [7, 11) is 3.00. The lowest BCUT2D eigenvalue weighted by atomic mass is 9.52. The second-order valence-corrected chi connectivity index (χ2v) is 12.1. The van der Waals surface area contributed by atoms with Crippen molar-refractivity contribution in [1.82, 2.24) is 0 Å². The third kappa shape index (κ3) is 4.34. The van der Waals surface area contributed by atoms with Crippen LogP contribution in [0.3, 0.4) is 0 Å². The maximum absolute atomic E-state index is 14.1. The smallest absolute Gasteiger partial charge is 0.339 e. The van der Waals surface area contributed by atoms with Crippen molar-refractivity contribution < 1.29 is 38.2 Å². The Morgan fingerprint density at radius 3 is 1.56 bits per heavy atom. The Labute approximate surface area is 267 Å². The summed E-state index contributed by atoms with van der Waals surface area (Å²) < 4.78 is 16.1. The highest BCUT2D eigenvalue weighted by molar-refractivity contribution is 6.35. The Kier molecular flexibility index (Phi) is 6.94. The number of methoxy groups -OCH3 is 2. The molecular weight excluding hydrogens is 623 g/mol. The molecule has 8 rings (SSSR count). The number of carbonyl (C=O) groups excluding carboxylic acids is 5. The summed E-state index contributed by atoms with van der Waals surface area (Å²) in [4.78, 5) is 72.2. The molecule has 3 aromatic rings. The first-order valence-electron chi connectivity index (χ1n) is 14.1. The first-order chi connectivity index (χ1) is 21.6. The zero-order valence-electron chi connectivity index (χ0n) is 23.8. The Morgan fingerprint density at radius 2 is 1.11 bits per heavy atom. The summed E-state index contributed by atoms with van der Waals surface area (Å²) in [6, 6.07) is 17.2. The third-order valence-electron chi connectivity index (χ3n) is 9.12. The maximum atomic E-state index is 14.1. The molecule has 0 N–H and O–H groups in total. The quantitative estimate of drug-likeness (QED) is 0.215. The lowest BCUT2D eigenvalue weighted by Gasteiger charge is -2.46. The molecule has 12 heteroatoms. The van der Waals surface area contributed by atoms with E-state index < -0.39 is 65.1 Å². The van der Waals surface area contributed by atoms with Gasteiger partial charge in [-0.2, -0.15) is 0 Å². The number of allylic oxidation sites excluding steroid dienone is 1. The molecule has 3 aromatic carbocycles. The van der Waals surface area contributed by atoms with Crippen molar-refractivity contribution in [3.05, 3.63) is 88.4 Å². The molecule has 0 radical (unpaired) electrons. The van der Waals surface area contributed by atoms with Crippen molar-refractivity contribution in [3.63, 3.8) is 0 Å². The maximum Gasteiger partial charge on any atom is 0.339 e. The third-order valence-corrected chi connectivity index (χ3v) is 9.65. The van der Waals surface area contributed by atoms with E-state index in [1.165, 1.54) is 38.5 Å². The normalized spacial score (nSPS) is 26.5. The van der Waals surface area contributed by atoms with Crippen LogP contribution in [0.1, 0.15) is 0 Å². The molecule has 4 unspecified atom stereocenters. The molecule has 2 saturated heterocycles. The van der Waals surface area contributed by atoms with Gasteiger partial charge in [0.1, 0.15) is 17.2 Å². The molecule has 2 heterocycles. The van der Waals surface area contributed by atoms with Crippen LogP contribution in [-0.4, -0.2) is 43.8 Å². The fraction of sp³-hybridized carbons (Fsp3) is 0.242. The molecule has 2 bridgehead atoms. The van der Waals surface area contributed by atoms with Crippen molar-refractivity contribution in [1.29, 1.82) is 0 Å². The van der Waals surface area contributed by atoms with E-state index in [9.17, 15) is 24.0 Å². The Morgan fingerprint density at radius 1 is 0.644 bits per heavy atom. The van der Waals surface area contributed by atoms with E-state index in [0.29, 0.717) is 27.9 Å². The fourth-order valence-electron chi connectivity index (χ4n) is 7.24. The lowest BCUT2D eigenvalue weighted by Crippen LogP contribution is -2.53. The number of hydrogen-bond donors (Lipinski definition) is 0. The zero-order chi connectivity index (χ0) is 31.7. The summed E-state index contributed by atoms with van der Waals surface area (Å²) in [6.07, 6.45) is 1.53. The standard InChI is InChI=1S/C33H24Cl2N2O8/c1-43-18-8-4-16(5-9-18)36-29(38)25-20-14-21(33(42)45-23-12-3-15(34)13-22(23)35)24(27(25)31(36)40)28-26(20)30(39)37(32(28)41)17-6-10-19(44-2)11-7-17/h3-14,20,24-28H,1-2H3. The van der Waals surface area contributed by atoms with Crippen LogP contribution in [-0.2, 0) is 24.0 Å². The molecular formula is C33H24Cl2N2O8. The number of carbonyl (C=O) groups is 5. The van der Waals surface area contributed by atoms with Gasteiger partial charge in [-0.1, -0.05) is 29.3 Å². The van der Waals surface area contributed by atoms with Crippen LogP contribution >= 0.6 is 23.2 Å². The number of rotatable bonds is 6. The van der Waals surface area contributed by atoms with Crippen molar-refractivity contribution in [3.8, 4) is 17.2 Å². The second-order valence-electron chi connectivity index (χ2n) is 11.2. The summed E-state index contributed by atoms with van der Waals surface area (Å²) in [6.45, 7) is 0. The predicted molar refractivity (Wildman–Crippen MR) is 162 cm³/mol. The van der Waals surface area contributed by atoms with Crippen molar-refractivity contribution in [2.24, 2.45) is 35.5 Å². The Balaban J connectivity index is 1.31. The molecule has 4 atom stereocenters. The first kappa shape index (κ1) is 29.1. The number of anilines is 2. The zero-order valence-corrected chi connectivity index (χ0v) is 25.3. The highest BCUT2D eigenvalue weighted by atomic mass is 35.5. The first-order valence-corrected chi connectivity index (χ1v) is 14.8. The molecule has 0 aromatic heterocycles. The number of esters is 1. The van der Waals surface area contributed by atoms with Crippen molar-refractivity contribution in [2.75, 3.05) is 24.0 Å². The number of nitrogens with zero attached hydrogens (tertiary/aromatic N) is 2. The minimum Gasteiger partial charge on any atom is -0.497 e. The summed E-state index contributed by atoms with van der Waals surface area (Å²) in [5, 5.41) is 0.424. The Bertz CT molecular complexity index is 1730. The number of benzene rings is 3. The molecule has 4 amide bonds. The van der Waals surface area contributed by atoms with Crippen LogP contribution in [0.25, 0.3) is 0 Å². The van der Waals surface area contributed by atoms with E-state index in [0.717, 1.165) is 9.80 Å². The van der Waals surface area contributed by atoms with Crippen LogP contribution in [0.2, 0.25) is 10.0 Å². The second kappa shape index (κ2) is 10.7. The van der Waals surface area contributed by atoms with Crippen LogP contribution in [0.15, 0.2) is 78.4 Å². The van der Waals surface area contributed by atoms with Gasteiger partial charge in [0.2, 0.25) is 23.6 Å². The molecule has 3 fully saturated rings. The van der Waals surface area contributed by atoms with Gasteiger partial charge >= 0.3 is 5.97 Å². The summed E-state index contributed by atoms with van der Waals surface area (Å²) in [5.41, 5.74) is 0.683. The molecule has 2 aliphatic heterocycles. The predicted octanol–water partition coefficient (Wildman–Crippen LogP) is 4.71. The van der Waals surface area contributed by atoms with E-state index >= 15 is 0 Å². The molecule has 45 heavy (non-hydrogen) atoms. The largest absolute Gasteiger partial charge is 0.497 e. The molecule has 228 valence electrons. The van der Waals surface area contributed by atoms with Crippen molar-refractivity contribution >= 4 is 64.2 Å². The number of ether oxygens (including phenoxy) is 3. The van der Waals surface area contributed by atoms with E-state index in [1.54, 1.807) is 48.5 Å². The van der Waals surface area contributed by atoms with E-state index in [-0.39, 0.29) is 16.3 Å². The molecule has 1 saturated carbocycles. The number of halogens is 2. The molecule has 5 aliphatic rings. The number of hydrogen-bond acceptors (Lipinski definition) is 8. The monoisotopic (exact) mass is 646 g/mol. The van der Waals surface area contributed by atoms with E-state index in [2.05, 4.69) is 0 Å². The SMILES string of the molecule is COc1ccc(N2C(=O)C3C4C=C(C(=O)Oc5ccc(Cl)cc5Cl)C(C3C2=O)C2C(=O)N(c3ccc(OC)cc3)C(=O)C42)cc1. The highest BCUT2D eigenvalue weighted by Gasteiger charge is 2.71. The minimum absolute atomic E-state index is 0.0314. The van der Waals surface area contributed by atoms with Gasteiger partial charge in [-0.25, -0.2) is 4.79 Å². The van der Waals surface area contributed by atoms with Gasteiger partial charge in [0.15, 0.2) is 0 Å². The van der Waals surface area contributed by atoms with Gasteiger partial charge in [0, 0.05) is 22.4 Å². The topological polar surface area (TPSA) is 120 Å². The van der Waals surface area contributed by atoms with Crippen LogP contribution < -0.4 is 24.0 Å². The minimum atomic E-state index is -1.11. The van der Waals surface area contributed by atoms with Gasteiger partial charge in [-0.3, -0.25) is 29.0 Å². The van der Waals surface area contributed by atoms with Crippen molar-refractivity contribution in [2.45, 2.75) is 0 Å². The summed E-state index contributed by atoms with van der Waals surface area (Å²) in [5.74, 6) is -7.98. The summed E-state index contributed by atoms with van der Waals surface area (Å²) >= 11 is 12.3. The molecule has 0 spiro atoms. The average molecular weight is 647 g/mol. The fourth-order valence-corrected chi connectivity index (χ4v) is 7.69. The van der Waals surface area contributed by atoms with E-state index in [4.69, 9.17) is 37.4 Å². The number of imide groups is 2. The average Bonchev–Trinajstić information content (AvgIpc) is 3.48. The van der Waals surface area contributed by atoms with Gasteiger partial charge in [-0.15, -0.1) is 0 Å². The molecule has 3 aliphatic carbocycles. The Hall–Kier alpha value is -4.67.